The molecule has 1 aliphatic carbocycles. The lowest BCUT2D eigenvalue weighted by atomic mass is 9.87. The minimum Gasteiger partial charge on any atom is -0.497 e. The lowest BCUT2D eigenvalue weighted by molar-refractivity contribution is -0.123. The minimum absolute atomic E-state index is 0.0199. The molecule has 1 amide bonds. The Balaban J connectivity index is 1.59. The number of anilines is 1. The zero-order valence-electron chi connectivity index (χ0n) is 13.7. The molecule has 5 nitrogen and oxygen atoms in total. The van der Waals surface area contributed by atoms with Crippen LogP contribution in [0.3, 0.4) is 0 Å². The zero-order chi connectivity index (χ0) is 16.9. The Morgan fingerprint density at radius 3 is 2.92 bits per heavy atom. The van der Waals surface area contributed by atoms with Gasteiger partial charge in [0, 0.05) is 11.8 Å². The Morgan fingerprint density at radius 1 is 1.25 bits per heavy atom. The van der Waals surface area contributed by atoms with Crippen LogP contribution in [-0.2, 0) is 11.2 Å². The van der Waals surface area contributed by atoms with Crippen molar-refractivity contribution in [1.29, 1.82) is 0 Å². The fourth-order valence-corrected chi connectivity index (χ4v) is 3.06. The molecule has 0 saturated carbocycles. The second kappa shape index (κ2) is 7.25. The van der Waals surface area contributed by atoms with Gasteiger partial charge < -0.3 is 20.5 Å². The molecule has 1 unspecified atom stereocenters. The molecule has 1 aliphatic rings. The SMILES string of the molecule is COc1cccc(OCC(=O)NC2CCCc3cc(N)ccc32)c1. The molecular weight excluding hydrogens is 304 g/mol. The third-order valence-electron chi connectivity index (χ3n) is 4.23. The highest BCUT2D eigenvalue weighted by atomic mass is 16.5. The van der Waals surface area contributed by atoms with Crippen molar-refractivity contribution in [3.63, 3.8) is 0 Å². The van der Waals surface area contributed by atoms with Gasteiger partial charge >= 0.3 is 0 Å². The Morgan fingerprint density at radius 2 is 2.08 bits per heavy atom. The molecule has 1 atom stereocenters. The monoisotopic (exact) mass is 326 g/mol. The van der Waals surface area contributed by atoms with E-state index in [4.69, 9.17) is 15.2 Å². The molecule has 5 heteroatoms. The molecule has 0 aliphatic heterocycles. The topological polar surface area (TPSA) is 73.6 Å². The van der Waals surface area contributed by atoms with E-state index >= 15 is 0 Å². The van der Waals surface area contributed by atoms with E-state index in [2.05, 4.69) is 5.32 Å². The van der Waals surface area contributed by atoms with Gasteiger partial charge in [-0.3, -0.25) is 4.79 Å². The van der Waals surface area contributed by atoms with E-state index in [-0.39, 0.29) is 18.6 Å². The average molecular weight is 326 g/mol. The van der Waals surface area contributed by atoms with Gasteiger partial charge in [0.1, 0.15) is 11.5 Å². The Labute approximate surface area is 141 Å². The number of benzene rings is 2. The van der Waals surface area contributed by atoms with Gasteiger partial charge in [0.05, 0.1) is 13.2 Å². The number of methoxy groups -OCH3 is 1. The van der Waals surface area contributed by atoms with Crippen molar-refractivity contribution in [2.45, 2.75) is 25.3 Å². The van der Waals surface area contributed by atoms with E-state index in [1.54, 1.807) is 19.2 Å². The third kappa shape index (κ3) is 3.79. The average Bonchev–Trinajstić information content (AvgIpc) is 2.60. The number of rotatable bonds is 5. The maximum Gasteiger partial charge on any atom is 0.258 e. The van der Waals surface area contributed by atoms with Crippen LogP contribution < -0.4 is 20.5 Å². The van der Waals surface area contributed by atoms with Crippen molar-refractivity contribution in [2.75, 3.05) is 19.5 Å². The smallest absolute Gasteiger partial charge is 0.258 e. The van der Waals surface area contributed by atoms with Crippen molar-refractivity contribution in [3.05, 3.63) is 53.6 Å². The number of nitrogens with one attached hydrogen (secondary N) is 1. The fraction of sp³-hybridized carbons (Fsp3) is 0.316. The zero-order valence-corrected chi connectivity index (χ0v) is 13.7. The van der Waals surface area contributed by atoms with Crippen molar-refractivity contribution in [2.24, 2.45) is 0 Å². The first-order valence-corrected chi connectivity index (χ1v) is 8.10. The maximum atomic E-state index is 12.2. The number of carbonyl (C=O) groups excluding carboxylic acids is 1. The molecule has 0 spiro atoms. The molecule has 2 aromatic carbocycles. The number of carbonyl (C=O) groups is 1. The lowest BCUT2D eigenvalue weighted by Crippen LogP contribution is -2.34. The predicted octanol–water partition coefficient (Wildman–Crippen LogP) is 2.85. The van der Waals surface area contributed by atoms with Gasteiger partial charge in [-0.2, -0.15) is 0 Å². The summed E-state index contributed by atoms with van der Waals surface area (Å²) >= 11 is 0. The Bertz CT molecular complexity index is 730. The number of amides is 1. The molecule has 24 heavy (non-hydrogen) atoms. The van der Waals surface area contributed by atoms with Crippen molar-refractivity contribution >= 4 is 11.6 Å². The molecule has 126 valence electrons. The summed E-state index contributed by atoms with van der Waals surface area (Å²) in [6.07, 6.45) is 2.98. The molecule has 0 heterocycles. The van der Waals surface area contributed by atoms with E-state index in [0.717, 1.165) is 30.5 Å². The molecule has 0 radical (unpaired) electrons. The molecule has 3 N–H and O–H groups in total. The molecule has 2 aromatic rings. The van der Waals surface area contributed by atoms with Crippen molar-refractivity contribution in [1.82, 2.24) is 5.32 Å². The summed E-state index contributed by atoms with van der Waals surface area (Å²) in [5.74, 6) is 1.18. The summed E-state index contributed by atoms with van der Waals surface area (Å²) < 4.78 is 10.7. The molecule has 0 saturated heterocycles. The number of aryl methyl sites for hydroxylation is 1. The van der Waals surface area contributed by atoms with Crippen LogP contribution in [0.1, 0.15) is 30.0 Å². The van der Waals surface area contributed by atoms with Gasteiger partial charge in [-0.15, -0.1) is 0 Å². The highest BCUT2D eigenvalue weighted by Crippen LogP contribution is 2.30. The number of nitrogens with two attached hydrogens (primary N) is 1. The van der Waals surface area contributed by atoms with E-state index in [1.807, 2.05) is 30.3 Å². The summed E-state index contributed by atoms with van der Waals surface area (Å²) in [5, 5.41) is 3.06. The van der Waals surface area contributed by atoms with Gasteiger partial charge in [-0.1, -0.05) is 12.1 Å². The Kier molecular flexibility index (Phi) is 4.89. The largest absolute Gasteiger partial charge is 0.497 e. The Hall–Kier alpha value is -2.69. The standard InChI is InChI=1S/C19H22N2O3/c1-23-15-5-3-6-16(11-15)24-12-19(22)21-18-7-2-4-13-10-14(20)8-9-17(13)18/h3,5-6,8-11,18H,2,4,7,12,20H2,1H3,(H,21,22). The highest BCUT2D eigenvalue weighted by Gasteiger charge is 2.22. The van der Waals surface area contributed by atoms with Gasteiger partial charge in [0.25, 0.3) is 5.91 Å². The van der Waals surface area contributed by atoms with E-state index < -0.39 is 0 Å². The summed E-state index contributed by atoms with van der Waals surface area (Å²) in [7, 11) is 1.60. The highest BCUT2D eigenvalue weighted by molar-refractivity contribution is 5.78. The number of ether oxygens (including phenoxy) is 2. The van der Waals surface area contributed by atoms with Crippen LogP contribution in [0, 0.1) is 0 Å². The van der Waals surface area contributed by atoms with Gasteiger partial charge in [-0.25, -0.2) is 0 Å². The number of nitrogen functional groups attached to an aromatic ring is 1. The van der Waals surface area contributed by atoms with Crippen LogP contribution in [0.5, 0.6) is 11.5 Å². The van der Waals surface area contributed by atoms with Gasteiger partial charge in [0.15, 0.2) is 6.61 Å². The molecular formula is C19H22N2O3. The van der Waals surface area contributed by atoms with Crippen molar-refractivity contribution in [3.8, 4) is 11.5 Å². The molecule has 0 bridgehead atoms. The van der Waals surface area contributed by atoms with Gasteiger partial charge in [0.2, 0.25) is 0 Å². The van der Waals surface area contributed by atoms with Crippen LogP contribution in [0.4, 0.5) is 5.69 Å². The summed E-state index contributed by atoms with van der Waals surface area (Å²) in [6.45, 7) is -0.0199. The normalized spacial score (nSPS) is 16.1. The molecule has 0 aromatic heterocycles. The number of hydrogen-bond acceptors (Lipinski definition) is 4. The molecule has 3 rings (SSSR count). The third-order valence-corrected chi connectivity index (χ3v) is 4.23. The minimum atomic E-state index is -0.132. The maximum absolute atomic E-state index is 12.2. The second-order valence-electron chi connectivity index (χ2n) is 5.94. The number of fused-ring (bicyclic) bond motifs is 1. The quantitative estimate of drug-likeness (QED) is 0.829. The van der Waals surface area contributed by atoms with E-state index in [1.165, 1.54) is 5.56 Å². The first kappa shape index (κ1) is 16.2. The summed E-state index contributed by atoms with van der Waals surface area (Å²) in [4.78, 5) is 12.2. The predicted molar refractivity (Wildman–Crippen MR) is 93.2 cm³/mol. The number of hydrogen-bond donors (Lipinski definition) is 2. The fourth-order valence-electron chi connectivity index (χ4n) is 3.06. The first-order valence-electron chi connectivity index (χ1n) is 8.10. The summed E-state index contributed by atoms with van der Waals surface area (Å²) in [6, 6.07) is 13.1. The van der Waals surface area contributed by atoms with Crippen molar-refractivity contribution < 1.29 is 14.3 Å². The van der Waals surface area contributed by atoms with Gasteiger partial charge in [-0.05, 0) is 54.7 Å². The van der Waals surface area contributed by atoms with Crippen LogP contribution >= 0.6 is 0 Å². The van der Waals surface area contributed by atoms with Crippen LogP contribution in [-0.4, -0.2) is 19.6 Å². The van der Waals surface area contributed by atoms with Crippen LogP contribution in [0.25, 0.3) is 0 Å². The molecule has 0 fully saturated rings. The van der Waals surface area contributed by atoms with E-state index in [9.17, 15) is 4.79 Å². The van der Waals surface area contributed by atoms with Crippen LogP contribution in [0.2, 0.25) is 0 Å². The first-order chi connectivity index (χ1) is 11.7. The van der Waals surface area contributed by atoms with Crippen LogP contribution in [0.15, 0.2) is 42.5 Å². The summed E-state index contributed by atoms with van der Waals surface area (Å²) in [5.41, 5.74) is 8.99. The second-order valence-corrected chi connectivity index (χ2v) is 5.94. The lowest BCUT2D eigenvalue weighted by Gasteiger charge is -2.26. The van der Waals surface area contributed by atoms with E-state index in [0.29, 0.717) is 11.5 Å².